The summed E-state index contributed by atoms with van der Waals surface area (Å²) in [6.07, 6.45) is 0. The van der Waals surface area contributed by atoms with Gasteiger partial charge in [0, 0.05) is 10.5 Å². The van der Waals surface area contributed by atoms with Crippen LogP contribution in [0.4, 0.5) is 5.69 Å². The summed E-state index contributed by atoms with van der Waals surface area (Å²) in [4.78, 5) is 37.2. The van der Waals surface area contributed by atoms with Gasteiger partial charge in [0.2, 0.25) is 11.8 Å². The van der Waals surface area contributed by atoms with Gasteiger partial charge in [-0.05, 0) is 39.0 Å². The predicted molar refractivity (Wildman–Crippen MR) is 77.9 cm³/mol. The van der Waals surface area contributed by atoms with Crippen LogP contribution in [0.2, 0.25) is 0 Å². The fourth-order valence-electron chi connectivity index (χ4n) is 2.10. The molecule has 1 aromatic carbocycles. The van der Waals surface area contributed by atoms with Gasteiger partial charge in [-0.25, -0.2) is 0 Å². The Morgan fingerprint density at radius 2 is 2.00 bits per heavy atom. The van der Waals surface area contributed by atoms with Crippen molar-refractivity contribution in [3.05, 3.63) is 23.8 Å². The Kier molecular flexibility index (Phi) is 3.60. The van der Waals surface area contributed by atoms with Gasteiger partial charge < -0.3 is 10.6 Å². The number of ketones is 1. The fourth-order valence-corrected chi connectivity index (χ4v) is 3.32. The van der Waals surface area contributed by atoms with Gasteiger partial charge in [0.1, 0.15) is 6.54 Å². The van der Waals surface area contributed by atoms with Crippen molar-refractivity contribution in [3.8, 4) is 0 Å². The van der Waals surface area contributed by atoms with Crippen LogP contribution in [0.5, 0.6) is 0 Å². The molecule has 0 bridgehead atoms. The monoisotopic (exact) mass is 292 g/mol. The van der Waals surface area contributed by atoms with E-state index < -0.39 is 10.7 Å². The van der Waals surface area contributed by atoms with E-state index >= 15 is 0 Å². The lowest BCUT2D eigenvalue weighted by Gasteiger charge is -2.37. The molecule has 6 heteroatoms. The third-order valence-corrected chi connectivity index (χ3v) is 4.33. The molecule has 0 unspecified atom stereocenters. The summed E-state index contributed by atoms with van der Waals surface area (Å²) in [7, 11) is 0. The summed E-state index contributed by atoms with van der Waals surface area (Å²) in [5.74, 6) is -0.767. The smallest absolute Gasteiger partial charge is 0.243 e. The van der Waals surface area contributed by atoms with Crippen LogP contribution in [0.15, 0.2) is 23.1 Å². The molecule has 1 aromatic rings. The van der Waals surface area contributed by atoms with E-state index in [2.05, 4.69) is 0 Å². The highest BCUT2D eigenvalue weighted by Crippen LogP contribution is 2.45. The number of benzene rings is 1. The largest absolute Gasteiger partial charge is 0.368 e. The molecule has 2 rings (SSSR count). The summed E-state index contributed by atoms with van der Waals surface area (Å²) < 4.78 is -0.697. The number of carbonyl (C=O) groups is 3. The number of rotatable bonds is 3. The van der Waals surface area contributed by atoms with Crippen molar-refractivity contribution in [2.24, 2.45) is 5.73 Å². The highest BCUT2D eigenvalue weighted by atomic mass is 32.2. The lowest BCUT2D eigenvalue weighted by Crippen LogP contribution is -2.49. The van der Waals surface area contributed by atoms with Crippen molar-refractivity contribution in [2.45, 2.75) is 30.4 Å². The van der Waals surface area contributed by atoms with Gasteiger partial charge in [-0.2, -0.15) is 0 Å². The summed E-state index contributed by atoms with van der Waals surface area (Å²) in [5, 5.41) is 0. The van der Waals surface area contributed by atoms with Gasteiger partial charge in [0.05, 0.1) is 10.4 Å². The van der Waals surface area contributed by atoms with E-state index in [4.69, 9.17) is 5.73 Å². The number of nitrogens with zero attached hydrogens (tertiary/aromatic N) is 1. The molecule has 1 aliphatic heterocycles. The van der Waals surface area contributed by atoms with Gasteiger partial charge in [0.25, 0.3) is 0 Å². The second-order valence-electron chi connectivity index (χ2n) is 5.21. The molecule has 106 valence electrons. The van der Waals surface area contributed by atoms with E-state index in [1.807, 2.05) is 0 Å². The first kappa shape index (κ1) is 14.6. The lowest BCUT2D eigenvalue weighted by atomic mass is 10.1. The zero-order valence-corrected chi connectivity index (χ0v) is 12.4. The summed E-state index contributed by atoms with van der Waals surface area (Å²) in [5.41, 5.74) is 6.43. The molecular weight excluding hydrogens is 276 g/mol. The zero-order chi connectivity index (χ0) is 15.1. The third kappa shape index (κ3) is 2.56. The summed E-state index contributed by atoms with van der Waals surface area (Å²) >= 11 is 1.39. The highest BCUT2D eigenvalue weighted by Gasteiger charge is 2.40. The average Bonchev–Trinajstić information content (AvgIpc) is 2.33. The van der Waals surface area contributed by atoms with Crippen molar-refractivity contribution in [3.63, 3.8) is 0 Å². The maximum Gasteiger partial charge on any atom is 0.243 e. The molecule has 20 heavy (non-hydrogen) atoms. The molecule has 0 saturated carbocycles. The Hall–Kier alpha value is -1.82. The van der Waals surface area contributed by atoms with Crippen LogP contribution >= 0.6 is 11.8 Å². The lowest BCUT2D eigenvalue weighted by molar-refractivity contribution is -0.123. The highest BCUT2D eigenvalue weighted by molar-refractivity contribution is 8.01. The van der Waals surface area contributed by atoms with Gasteiger partial charge in [-0.15, -0.1) is 11.8 Å². The molecular formula is C14H16N2O3S. The number of nitrogens with two attached hydrogens (primary N) is 1. The number of hydrogen-bond acceptors (Lipinski definition) is 4. The van der Waals surface area contributed by atoms with E-state index in [9.17, 15) is 14.4 Å². The van der Waals surface area contributed by atoms with E-state index in [0.717, 1.165) is 4.90 Å². The summed E-state index contributed by atoms with van der Waals surface area (Å²) in [6, 6.07) is 5.10. The van der Waals surface area contributed by atoms with E-state index in [-0.39, 0.29) is 18.2 Å². The van der Waals surface area contributed by atoms with Crippen molar-refractivity contribution < 1.29 is 14.4 Å². The van der Waals surface area contributed by atoms with Crippen molar-refractivity contribution >= 4 is 35.0 Å². The van der Waals surface area contributed by atoms with Crippen LogP contribution in [0.1, 0.15) is 31.1 Å². The molecule has 0 atom stereocenters. The Morgan fingerprint density at radius 1 is 1.35 bits per heavy atom. The van der Waals surface area contributed by atoms with Gasteiger partial charge >= 0.3 is 0 Å². The third-order valence-electron chi connectivity index (χ3n) is 3.10. The Balaban J connectivity index is 2.54. The van der Waals surface area contributed by atoms with Crippen LogP contribution < -0.4 is 10.6 Å². The SMILES string of the molecule is CC(=O)c1ccc2c(c1)SC(C)(C)C(=O)N2CC(N)=O. The fraction of sp³-hybridized carbons (Fsp3) is 0.357. The van der Waals surface area contributed by atoms with E-state index in [0.29, 0.717) is 11.3 Å². The van der Waals surface area contributed by atoms with Crippen LogP contribution in [0, 0.1) is 0 Å². The zero-order valence-electron chi connectivity index (χ0n) is 11.6. The number of Topliss-reactive ketones (excluding diaryl/α,β-unsaturated/α-hetero) is 1. The second-order valence-corrected chi connectivity index (χ2v) is 6.87. The van der Waals surface area contributed by atoms with E-state index in [1.54, 1.807) is 32.0 Å². The minimum atomic E-state index is -0.697. The molecule has 1 heterocycles. The molecule has 2 amide bonds. The quantitative estimate of drug-likeness (QED) is 0.858. The van der Waals surface area contributed by atoms with Crippen molar-refractivity contribution in [2.75, 3.05) is 11.4 Å². The Morgan fingerprint density at radius 3 is 2.55 bits per heavy atom. The van der Waals surface area contributed by atoms with Crippen molar-refractivity contribution in [1.82, 2.24) is 0 Å². The molecule has 2 N–H and O–H groups in total. The average molecular weight is 292 g/mol. The number of carbonyl (C=O) groups excluding carboxylic acids is 3. The molecule has 5 nitrogen and oxygen atoms in total. The van der Waals surface area contributed by atoms with Crippen LogP contribution in [0.3, 0.4) is 0 Å². The molecule has 0 fully saturated rings. The first-order valence-electron chi connectivity index (χ1n) is 6.16. The number of hydrogen-bond donors (Lipinski definition) is 1. The maximum absolute atomic E-state index is 12.4. The second kappa shape index (κ2) is 4.94. The van der Waals surface area contributed by atoms with Gasteiger partial charge in [0.15, 0.2) is 5.78 Å². The maximum atomic E-state index is 12.4. The van der Waals surface area contributed by atoms with Gasteiger partial charge in [-0.1, -0.05) is 0 Å². The van der Waals surface area contributed by atoms with Crippen LogP contribution in [-0.4, -0.2) is 28.9 Å². The number of primary amides is 1. The molecule has 0 saturated heterocycles. The number of anilines is 1. The molecule has 0 spiro atoms. The first-order chi connectivity index (χ1) is 9.22. The van der Waals surface area contributed by atoms with Gasteiger partial charge in [-0.3, -0.25) is 14.4 Å². The number of thioether (sulfide) groups is 1. The van der Waals surface area contributed by atoms with Crippen molar-refractivity contribution in [1.29, 1.82) is 0 Å². The molecule has 0 aromatic heterocycles. The summed E-state index contributed by atoms with van der Waals surface area (Å²) in [6.45, 7) is 4.91. The topological polar surface area (TPSA) is 80.5 Å². The number of fused-ring (bicyclic) bond motifs is 1. The Labute approximate surface area is 121 Å². The van der Waals surface area contributed by atoms with E-state index in [1.165, 1.54) is 23.6 Å². The first-order valence-corrected chi connectivity index (χ1v) is 6.98. The predicted octanol–water partition coefficient (Wildman–Crippen LogP) is 1.59. The van der Waals surface area contributed by atoms with Crippen LogP contribution in [0.25, 0.3) is 0 Å². The van der Waals surface area contributed by atoms with Crippen LogP contribution in [-0.2, 0) is 9.59 Å². The standard InChI is InChI=1S/C14H16N2O3S/c1-8(17)9-4-5-10-11(6-9)20-14(2,3)13(19)16(10)7-12(15)18/h4-6H,7H2,1-3H3,(H2,15,18). The Bertz CT molecular complexity index is 610. The minimum absolute atomic E-state index is 0.0374. The molecule has 0 radical (unpaired) electrons. The molecule has 1 aliphatic rings. The molecule has 0 aliphatic carbocycles. The number of amides is 2. The normalized spacial score (nSPS) is 16.8. The minimum Gasteiger partial charge on any atom is -0.368 e.